The third-order valence-electron chi connectivity index (χ3n) is 5.98. The second-order valence-electron chi connectivity index (χ2n) is 7.88. The van der Waals surface area contributed by atoms with Gasteiger partial charge in [-0.25, -0.2) is 0 Å². The zero-order valence-electron chi connectivity index (χ0n) is 15.8. The Balaban J connectivity index is 3.29. The molecule has 0 atom stereocenters. The van der Waals surface area contributed by atoms with Gasteiger partial charge >= 0.3 is 8.88 Å². The summed E-state index contributed by atoms with van der Waals surface area (Å²) in [6.45, 7) is 20.4. The van der Waals surface area contributed by atoms with E-state index in [1.807, 2.05) is 14.2 Å². The summed E-state index contributed by atoms with van der Waals surface area (Å²) in [4.78, 5) is 0. The number of hydrogen-bond acceptors (Lipinski definition) is 4. The summed E-state index contributed by atoms with van der Waals surface area (Å²) in [5.74, 6) is 1.08. The van der Waals surface area contributed by atoms with Gasteiger partial charge in [0.25, 0.3) is 0 Å². The molecular weight excluding hydrogens is 280 g/mol. The fraction of sp³-hybridized carbons (Fsp3) is 1.00. The first kappa shape index (κ1) is 19.1. The van der Waals surface area contributed by atoms with Crippen LogP contribution in [0.2, 0.25) is 0 Å². The summed E-state index contributed by atoms with van der Waals surface area (Å²) in [6.07, 6.45) is 0. The largest absolute Gasteiger partial charge is 0.522 e. The van der Waals surface area contributed by atoms with Gasteiger partial charge in [-0.2, -0.15) is 0 Å². The lowest BCUT2D eigenvalue weighted by molar-refractivity contribution is 0.0422. The van der Waals surface area contributed by atoms with Gasteiger partial charge in [0, 0.05) is 38.4 Å². The van der Waals surface area contributed by atoms with Crippen molar-refractivity contribution in [3.8, 4) is 0 Å². The SMILES string of the molecule is CO[Si]1(OC)N(C(C)(C)C(C)C)CCN1C(C)(C)C(C)C. The van der Waals surface area contributed by atoms with E-state index in [-0.39, 0.29) is 11.1 Å². The molecule has 0 bridgehead atoms. The summed E-state index contributed by atoms with van der Waals surface area (Å²) in [5, 5.41) is 0. The average molecular weight is 317 g/mol. The number of hydrogen-bond donors (Lipinski definition) is 0. The molecule has 0 saturated carbocycles. The van der Waals surface area contributed by atoms with Gasteiger partial charge in [-0.05, 0) is 39.5 Å². The Morgan fingerprint density at radius 1 is 0.762 bits per heavy atom. The molecule has 4 nitrogen and oxygen atoms in total. The highest BCUT2D eigenvalue weighted by molar-refractivity contribution is 6.62. The van der Waals surface area contributed by atoms with Crippen molar-refractivity contribution in [3.63, 3.8) is 0 Å². The summed E-state index contributed by atoms with van der Waals surface area (Å²) in [5.41, 5.74) is 0.111. The fourth-order valence-electron chi connectivity index (χ4n) is 3.08. The normalized spacial score (nSPS) is 21.7. The molecule has 0 aromatic carbocycles. The highest BCUT2D eigenvalue weighted by Crippen LogP contribution is 2.40. The molecule has 0 amide bonds. The lowest BCUT2D eigenvalue weighted by atomic mass is 9.90. The van der Waals surface area contributed by atoms with Crippen LogP contribution in [-0.2, 0) is 8.85 Å². The molecule has 21 heavy (non-hydrogen) atoms. The van der Waals surface area contributed by atoms with Crippen LogP contribution in [0.1, 0.15) is 55.4 Å². The van der Waals surface area contributed by atoms with Crippen molar-refractivity contribution in [2.45, 2.75) is 66.5 Å². The molecule has 0 aliphatic carbocycles. The van der Waals surface area contributed by atoms with E-state index in [1.54, 1.807) is 0 Å². The quantitative estimate of drug-likeness (QED) is 0.703. The molecular formula is C16H36N2O2Si. The number of rotatable bonds is 6. The zero-order valence-corrected chi connectivity index (χ0v) is 16.8. The van der Waals surface area contributed by atoms with E-state index in [9.17, 15) is 0 Å². The third-order valence-corrected chi connectivity index (χ3v) is 10.0. The highest BCUT2D eigenvalue weighted by atomic mass is 28.4. The van der Waals surface area contributed by atoms with Gasteiger partial charge in [0.2, 0.25) is 0 Å². The summed E-state index contributed by atoms with van der Waals surface area (Å²) < 4.78 is 17.2. The maximum Gasteiger partial charge on any atom is 0.522 e. The van der Waals surface area contributed by atoms with Crippen molar-refractivity contribution < 1.29 is 8.85 Å². The van der Waals surface area contributed by atoms with Crippen LogP contribution in [0.25, 0.3) is 0 Å². The number of nitrogens with zero attached hydrogens (tertiary/aromatic N) is 2. The maximum atomic E-state index is 6.11. The molecule has 1 aliphatic rings. The van der Waals surface area contributed by atoms with Gasteiger partial charge in [0.1, 0.15) is 0 Å². The molecule has 126 valence electrons. The Bertz CT molecular complexity index is 322. The van der Waals surface area contributed by atoms with Crippen LogP contribution in [0, 0.1) is 11.8 Å². The van der Waals surface area contributed by atoms with Crippen LogP contribution in [0.4, 0.5) is 0 Å². The van der Waals surface area contributed by atoms with Gasteiger partial charge in [0.05, 0.1) is 0 Å². The molecule has 1 aliphatic heterocycles. The van der Waals surface area contributed by atoms with Crippen molar-refractivity contribution in [2.75, 3.05) is 27.3 Å². The Labute approximate surface area is 133 Å². The first-order valence-electron chi connectivity index (χ1n) is 8.14. The Hall–Kier alpha value is 0.0569. The molecule has 1 heterocycles. The second kappa shape index (κ2) is 6.28. The van der Waals surface area contributed by atoms with Crippen LogP contribution < -0.4 is 0 Å². The zero-order chi connectivity index (χ0) is 16.6. The standard InChI is InChI=1S/C16H36N2O2Si/c1-13(2)15(5,6)17-11-12-18(16(7,8)14(3)4)21(17,19-9)20-10/h13-14H,11-12H2,1-10H3. The van der Waals surface area contributed by atoms with Gasteiger partial charge in [0.15, 0.2) is 0 Å². The Morgan fingerprint density at radius 2 is 1.05 bits per heavy atom. The molecule has 0 radical (unpaired) electrons. The summed E-state index contributed by atoms with van der Waals surface area (Å²) in [7, 11) is 1.06. The summed E-state index contributed by atoms with van der Waals surface area (Å²) in [6, 6.07) is 0. The highest BCUT2D eigenvalue weighted by Gasteiger charge is 2.63. The molecule has 0 N–H and O–H groups in total. The van der Waals surface area contributed by atoms with E-state index in [4.69, 9.17) is 8.85 Å². The molecule has 0 aromatic rings. The van der Waals surface area contributed by atoms with Crippen molar-refractivity contribution in [1.29, 1.82) is 0 Å². The molecule has 0 unspecified atom stereocenters. The minimum Gasteiger partial charge on any atom is -0.374 e. The van der Waals surface area contributed by atoms with E-state index < -0.39 is 8.88 Å². The maximum absolute atomic E-state index is 6.11. The molecule has 1 saturated heterocycles. The molecule has 5 heteroatoms. The minimum absolute atomic E-state index is 0.0556. The second-order valence-corrected chi connectivity index (χ2v) is 10.9. The lowest BCUT2D eigenvalue weighted by Crippen LogP contribution is -2.72. The molecule has 0 aromatic heterocycles. The van der Waals surface area contributed by atoms with Gasteiger partial charge < -0.3 is 8.85 Å². The first-order valence-corrected chi connectivity index (χ1v) is 9.85. The van der Waals surface area contributed by atoms with Crippen LogP contribution in [0.3, 0.4) is 0 Å². The van der Waals surface area contributed by atoms with Crippen molar-refractivity contribution in [2.24, 2.45) is 11.8 Å². The van der Waals surface area contributed by atoms with E-state index in [0.29, 0.717) is 11.8 Å². The Kier molecular flexibility index (Phi) is 5.71. The van der Waals surface area contributed by atoms with Crippen LogP contribution >= 0.6 is 0 Å². The van der Waals surface area contributed by atoms with E-state index >= 15 is 0 Å². The Morgan fingerprint density at radius 3 is 1.24 bits per heavy atom. The average Bonchev–Trinajstić information content (AvgIpc) is 2.79. The van der Waals surface area contributed by atoms with Crippen LogP contribution in [-0.4, -0.2) is 56.4 Å². The fourth-order valence-corrected chi connectivity index (χ4v) is 7.16. The smallest absolute Gasteiger partial charge is 0.374 e. The van der Waals surface area contributed by atoms with Crippen molar-refractivity contribution >= 4 is 8.88 Å². The lowest BCUT2D eigenvalue weighted by Gasteiger charge is -2.51. The van der Waals surface area contributed by atoms with E-state index in [0.717, 1.165) is 13.1 Å². The van der Waals surface area contributed by atoms with Crippen LogP contribution in [0.5, 0.6) is 0 Å². The molecule has 1 rings (SSSR count). The van der Waals surface area contributed by atoms with Crippen LogP contribution in [0.15, 0.2) is 0 Å². The van der Waals surface area contributed by atoms with E-state index in [2.05, 4.69) is 64.5 Å². The van der Waals surface area contributed by atoms with Crippen molar-refractivity contribution in [1.82, 2.24) is 9.13 Å². The van der Waals surface area contributed by atoms with Gasteiger partial charge in [-0.1, -0.05) is 27.7 Å². The predicted molar refractivity (Wildman–Crippen MR) is 91.0 cm³/mol. The molecule has 1 fully saturated rings. The predicted octanol–water partition coefficient (Wildman–Crippen LogP) is 3.20. The first-order chi connectivity index (χ1) is 9.48. The van der Waals surface area contributed by atoms with Gasteiger partial charge in [-0.15, -0.1) is 0 Å². The summed E-state index contributed by atoms with van der Waals surface area (Å²) >= 11 is 0. The molecule has 0 spiro atoms. The monoisotopic (exact) mass is 316 g/mol. The van der Waals surface area contributed by atoms with E-state index in [1.165, 1.54) is 0 Å². The topological polar surface area (TPSA) is 24.9 Å². The third kappa shape index (κ3) is 2.95. The van der Waals surface area contributed by atoms with Gasteiger partial charge in [-0.3, -0.25) is 9.13 Å². The minimum atomic E-state index is -2.57. The van der Waals surface area contributed by atoms with Crippen molar-refractivity contribution in [3.05, 3.63) is 0 Å².